The summed E-state index contributed by atoms with van der Waals surface area (Å²) in [5, 5.41) is 0. The molecule has 2 aliphatic rings. The van der Waals surface area contributed by atoms with E-state index in [4.69, 9.17) is 0 Å². The van der Waals surface area contributed by atoms with E-state index in [0.717, 1.165) is 29.6 Å². The Bertz CT molecular complexity index is 230. The Morgan fingerprint density at radius 3 is 2.06 bits per heavy atom. The van der Waals surface area contributed by atoms with E-state index in [0.29, 0.717) is 0 Å². The van der Waals surface area contributed by atoms with E-state index in [1.165, 1.54) is 38.5 Å². The van der Waals surface area contributed by atoms with Crippen LogP contribution in [0.2, 0.25) is 0 Å². The second-order valence-electron chi connectivity index (χ2n) is 6.52. The monoisotopic (exact) mass is 220 g/mol. The number of rotatable bonds is 2. The van der Waals surface area contributed by atoms with Crippen LogP contribution in [0.3, 0.4) is 0 Å². The fraction of sp³-hybridized carbons (Fsp3) is 0.875. The number of hydrogen-bond acceptors (Lipinski definition) is 0. The molecule has 0 aliphatic heterocycles. The quantitative estimate of drug-likeness (QED) is 0.571. The summed E-state index contributed by atoms with van der Waals surface area (Å²) in [5.74, 6) is 4.69. The van der Waals surface area contributed by atoms with Crippen molar-refractivity contribution in [1.82, 2.24) is 0 Å². The van der Waals surface area contributed by atoms with E-state index in [-0.39, 0.29) is 0 Å². The van der Waals surface area contributed by atoms with Crippen LogP contribution in [0.5, 0.6) is 0 Å². The minimum atomic E-state index is 0.836. The molecule has 16 heavy (non-hydrogen) atoms. The van der Waals surface area contributed by atoms with Gasteiger partial charge in [0.1, 0.15) is 0 Å². The molecule has 0 aromatic heterocycles. The first-order valence-corrected chi connectivity index (χ1v) is 7.35. The van der Waals surface area contributed by atoms with Crippen molar-refractivity contribution < 1.29 is 0 Å². The van der Waals surface area contributed by atoms with Crippen molar-refractivity contribution in [2.75, 3.05) is 0 Å². The molecular weight excluding hydrogens is 192 g/mol. The molecule has 92 valence electrons. The van der Waals surface area contributed by atoms with Crippen molar-refractivity contribution in [3.8, 4) is 0 Å². The largest absolute Gasteiger partial charge is 0.0854 e. The predicted octanol–water partition coefficient (Wildman–Crippen LogP) is 5.05. The van der Waals surface area contributed by atoms with Crippen LogP contribution < -0.4 is 0 Å². The highest BCUT2D eigenvalue weighted by Gasteiger charge is 2.28. The van der Waals surface area contributed by atoms with Crippen LogP contribution in [0.25, 0.3) is 0 Å². The smallest absolute Gasteiger partial charge is 0.0205 e. The predicted molar refractivity (Wildman–Crippen MR) is 71.3 cm³/mol. The molecule has 2 rings (SSSR count). The lowest BCUT2D eigenvalue weighted by Gasteiger charge is -2.36. The maximum absolute atomic E-state index is 2.54. The maximum atomic E-state index is 2.54. The Hall–Kier alpha value is -0.260. The third kappa shape index (κ3) is 2.90. The van der Waals surface area contributed by atoms with Crippen LogP contribution in [-0.4, -0.2) is 0 Å². The number of hydrogen-bond donors (Lipinski definition) is 0. The molecule has 0 saturated heterocycles. The average Bonchev–Trinajstić information content (AvgIpc) is 2.30. The first kappa shape index (κ1) is 12.2. The Kier molecular flexibility index (Phi) is 4.10. The molecule has 0 radical (unpaired) electrons. The average molecular weight is 220 g/mol. The van der Waals surface area contributed by atoms with E-state index in [2.05, 4.69) is 32.9 Å². The van der Waals surface area contributed by atoms with Gasteiger partial charge in [-0.3, -0.25) is 0 Å². The van der Waals surface area contributed by atoms with Crippen molar-refractivity contribution in [3.05, 3.63) is 12.2 Å². The normalized spacial score (nSPS) is 40.2. The summed E-state index contributed by atoms with van der Waals surface area (Å²) < 4.78 is 0. The molecule has 0 spiro atoms. The minimum Gasteiger partial charge on any atom is -0.0854 e. The summed E-state index contributed by atoms with van der Waals surface area (Å²) in [5.41, 5.74) is 0. The summed E-state index contributed by atoms with van der Waals surface area (Å²) in [6, 6.07) is 0. The zero-order valence-electron chi connectivity index (χ0n) is 11.3. The molecule has 0 aromatic rings. The van der Waals surface area contributed by atoms with E-state index in [1.54, 1.807) is 0 Å². The van der Waals surface area contributed by atoms with E-state index in [1.807, 2.05) is 0 Å². The van der Waals surface area contributed by atoms with Gasteiger partial charge in [0.15, 0.2) is 0 Å². The lowest BCUT2D eigenvalue weighted by molar-refractivity contribution is 0.182. The van der Waals surface area contributed by atoms with Crippen LogP contribution in [0.1, 0.15) is 59.3 Å². The van der Waals surface area contributed by atoms with E-state index in [9.17, 15) is 0 Å². The first-order chi connectivity index (χ1) is 7.66. The fourth-order valence-corrected chi connectivity index (χ4v) is 3.61. The van der Waals surface area contributed by atoms with Crippen LogP contribution in [0, 0.1) is 29.6 Å². The third-order valence-corrected chi connectivity index (χ3v) is 5.01. The van der Waals surface area contributed by atoms with Gasteiger partial charge in [-0.1, -0.05) is 32.9 Å². The molecule has 2 aliphatic carbocycles. The molecule has 0 N–H and O–H groups in total. The van der Waals surface area contributed by atoms with Gasteiger partial charge < -0.3 is 0 Å². The van der Waals surface area contributed by atoms with Gasteiger partial charge >= 0.3 is 0 Å². The maximum Gasteiger partial charge on any atom is -0.0205 e. The second kappa shape index (κ2) is 5.38. The molecule has 0 heterocycles. The molecule has 0 nitrogen and oxygen atoms in total. The van der Waals surface area contributed by atoms with Crippen molar-refractivity contribution in [1.29, 1.82) is 0 Å². The molecule has 0 bridgehead atoms. The molecule has 2 atom stereocenters. The summed E-state index contributed by atoms with van der Waals surface area (Å²) >= 11 is 0. The van der Waals surface area contributed by atoms with Crippen LogP contribution in [0.4, 0.5) is 0 Å². The van der Waals surface area contributed by atoms with Crippen molar-refractivity contribution in [3.63, 3.8) is 0 Å². The zero-order valence-corrected chi connectivity index (χ0v) is 11.3. The molecule has 0 amide bonds. The molecule has 2 unspecified atom stereocenters. The summed E-state index contributed by atoms with van der Waals surface area (Å²) in [6.07, 6.45) is 13.8. The van der Waals surface area contributed by atoms with Gasteiger partial charge in [-0.25, -0.2) is 0 Å². The molecule has 1 fully saturated rings. The van der Waals surface area contributed by atoms with Gasteiger partial charge in [0.25, 0.3) is 0 Å². The Labute approximate surface area is 102 Å². The van der Waals surface area contributed by atoms with Gasteiger partial charge in [-0.2, -0.15) is 0 Å². The van der Waals surface area contributed by atoms with Crippen LogP contribution >= 0.6 is 0 Å². The van der Waals surface area contributed by atoms with E-state index < -0.39 is 0 Å². The summed E-state index contributed by atoms with van der Waals surface area (Å²) in [4.78, 5) is 0. The highest BCUT2D eigenvalue weighted by atomic mass is 14.3. The fourth-order valence-electron chi connectivity index (χ4n) is 3.61. The van der Waals surface area contributed by atoms with Crippen molar-refractivity contribution >= 4 is 0 Å². The standard InChI is InChI=1S/C16H28/c1-12(2)14-8-10-16(11-9-14)15-6-4-13(3)5-7-15/h4,6,12-16H,5,7-11H2,1-3H3. The highest BCUT2D eigenvalue weighted by Crippen LogP contribution is 2.40. The highest BCUT2D eigenvalue weighted by molar-refractivity contribution is 4.99. The molecule has 0 aromatic carbocycles. The van der Waals surface area contributed by atoms with E-state index >= 15 is 0 Å². The summed E-state index contributed by atoms with van der Waals surface area (Å²) in [7, 11) is 0. The molecule has 1 saturated carbocycles. The van der Waals surface area contributed by atoms with Gasteiger partial charge in [0, 0.05) is 0 Å². The minimum absolute atomic E-state index is 0.836. The topological polar surface area (TPSA) is 0 Å². The molecular formula is C16H28. The third-order valence-electron chi connectivity index (χ3n) is 5.01. The Morgan fingerprint density at radius 2 is 1.56 bits per heavy atom. The van der Waals surface area contributed by atoms with Gasteiger partial charge in [-0.05, 0) is 68.1 Å². The SMILES string of the molecule is CC1C=CC(C2CCC(C(C)C)CC2)CC1. The van der Waals surface area contributed by atoms with Gasteiger partial charge in [0.2, 0.25) is 0 Å². The zero-order chi connectivity index (χ0) is 11.5. The number of allylic oxidation sites excluding steroid dienone is 2. The Morgan fingerprint density at radius 1 is 0.875 bits per heavy atom. The second-order valence-corrected chi connectivity index (χ2v) is 6.52. The van der Waals surface area contributed by atoms with Gasteiger partial charge in [0.05, 0.1) is 0 Å². The summed E-state index contributed by atoms with van der Waals surface area (Å²) in [6.45, 7) is 7.14. The van der Waals surface area contributed by atoms with Crippen LogP contribution in [0.15, 0.2) is 12.2 Å². The van der Waals surface area contributed by atoms with Crippen molar-refractivity contribution in [2.24, 2.45) is 29.6 Å². The van der Waals surface area contributed by atoms with Crippen LogP contribution in [-0.2, 0) is 0 Å². The van der Waals surface area contributed by atoms with Crippen molar-refractivity contribution in [2.45, 2.75) is 59.3 Å². The lowest BCUT2D eigenvalue weighted by atomic mass is 9.70. The van der Waals surface area contributed by atoms with Gasteiger partial charge in [-0.15, -0.1) is 0 Å². The first-order valence-electron chi connectivity index (χ1n) is 7.35. The molecule has 0 heteroatoms. The Balaban J connectivity index is 1.83. The lowest BCUT2D eigenvalue weighted by Crippen LogP contribution is -2.24.